The van der Waals surface area contributed by atoms with E-state index in [4.69, 9.17) is 5.73 Å². The van der Waals surface area contributed by atoms with Crippen LogP contribution in [0.2, 0.25) is 0 Å². The van der Waals surface area contributed by atoms with Gasteiger partial charge in [-0.3, -0.25) is 4.98 Å². The molecular formula is C22H24N6O3. The molecule has 2 aromatic heterocycles. The van der Waals surface area contributed by atoms with Gasteiger partial charge in [-0.15, -0.1) is 0 Å². The third kappa shape index (κ3) is 3.92. The maximum atomic E-state index is 13.3. The van der Waals surface area contributed by atoms with Gasteiger partial charge < -0.3 is 15.9 Å². The summed E-state index contributed by atoms with van der Waals surface area (Å²) in [5.41, 5.74) is 8.39. The van der Waals surface area contributed by atoms with Gasteiger partial charge in [0, 0.05) is 31.0 Å². The molecule has 9 heteroatoms. The Morgan fingerprint density at radius 3 is 2.48 bits per heavy atom. The molecule has 1 aromatic carbocycles. The van der Waals surface area contributed by atoms with E-state index < -0.39 is 16.6 Å². The number of nitrogens with zero attached hydrogens (tertiary/aromatic N) is 4. The van der Waals surface area contributed by atoms with Crippen LogP contribution in [-0.4, -0.2) is 44.6 Å². The molecule has 1 unspecified atom stereocenters. The van der Waals surface area contributed by atoms with Crippen molar-refractivity contribution >= 4 is 23.4 Å². The second-order valence-electron chi connectivity index (χ2n) is 7.61. The topological polar surface area (TPSA) is 128 Å². The van der Waals surface area contributed by atoms with Crippen LogP contribution in [-0.2, 0) is 12.8 Å². The third-order valence-corrected chi connectivity index (χ3v) is 5.33. The van der Waals surface area contributed by atoms with Crippen molar-refractivity contribution in [1.29, 1.82) is 0 Å². The van der Waals surface area contributed by atoms with Crippen LogP contribution in [0.5, 0.6) is 0 Å². The molecule has 0 spiro atoms. The summed E-state index contributed by atoms with van der Waals surface area (Å²) in [7, 11) is 0. The van der Waals surface area contributed by atoms with Gasteiger partial charge in [-0.2, -0.15) is 0 Å². The minimum atomic E-state index is -1.54. The quantitative estimate of drug-likeness (QED) is 0.343. The minimum absolute atomic E-state index is 0.0874. The molecule has 3 N–H and O–H groups in total. The van der Waals surface area contributed by atoms with E-state index in [0.717, 1.165) is 11.1 Å². The number of pyridine rings is 1. The first-order valence-electron chi connectivity index (χ1n) is 10.2. The van der Waals surface area contributed by atoms with Gasteiger partial charge in [0.1, 0.15) is 5.82 Å². The fourth-order valence-corrected chi connectivity index (χ4v) is 3.73. The summed E-state index contributed by atoms with van der Waals surface area (Å²) < 4.78 is -1.54. The van der Waals surface area contributed by atoms with Crippen molar-refractivity contribution in [3.05, 3.63) is 76.6 Å². The Kier molecular flexibility index (Phi) is 5.53. The van der Waals surface area contributed by atoms with E-state index in [1.807, 2.05) is 24.3 Å². The van der Waals surface area contributed by atoms with Crippen LogP contribution in [0.3, 0.4) is 0 Å². The highest BCUT2D eigenvalue weighted by Gasteiger charge is 2.49. The molecule has 9 nitrogen and oxygen atoms in total. The van der Waals surface area contributed by atoms with Gasteiger partial charge in [0.15, 0.2) is 11.5 Å². The van der Waals surface area contributed by atoms with Crippen LogP contribution in [0.1, 0.15) is 40.8 Å². The van der Waals surface area contributed by atoms with Crippen molar-refractivity contribution in [2.75, 3.05) is 23.7 Å². The number of carbonyl (C=O) groups excluding carboxylic acids is 2. The Balaban J connectivity index is 1.67. The largest absolute Gasteiger partial charge is 0.616 e. The average molecular weight is 420 g/mol. The van der Waals surface area contributed by atoms with Crippen molar-refractivity contribution in [3.8, 4) is 0 Å². The van der Waals surface area contributed by atoms with Gasteiger partial charge in [0.05, 0.1) is 6.54 Å². The summed E-state index contributed by atoms with van der Waals surface area (Å²) in [6.07, 6.45) is 4.67. The molecule has 31 heavy (non-hydrogen) atoms. The number of quaternary nitrogens is 1. The lowest BCUT2D eigenvalue weighted by molar-refractivity contribution is -0.712. The Hall–Kier alpha value is -3.56. The molecule has 0 radical (unpaired) electrons. The summed E-state index contributed by atoms with van der Waals surface area (Å²) in [5, 5.41) is 13.3. The van der Waals surface area contributed by atoms with Crippen LogP contribution < -0.4 is 10.6 Å². The third-order valence-electron chi connectivity index (χ3n) is 5.33. The average Bonchev–Trinajstić information content (AvgIpc) is 3.18. The van der Waals surface area contributed by atoms with E-state index in [2.05, 4.69) is 15.0 Å². The number of urea groups is 1. The summed E-state index contributed by atoms with van der Waals surface area (Å²) >= 11 is 0. The fraction of sp³-hybridized carbons (Fsp3) is 0.273. The normalized spacial score (nSPS) is 18.3. The predicted octanol–water partition coefficient (Wildman–Crippen LogP) is 3.03. The molecule has 1 aliphatic heterocycles. The summed E-state index contributed by atoms with van der Waals surface area (Å²) in [6, 6.07) is 10.2. The molecule has 160 valence electrons. The molecule has 0 saturated heterocycles. The van der Waals surface area contributed by atoms with Crippen molar-refractivity contribution in [3.63, 3.8) is 0 Å². The van der Waals surface area contributed by atoms with Crippen molar-refractivity contribution in [2.45, 2.75) is 26.2 Å². The smallest absolute Gasteiger partial charge is 0.432 e. The molecule has 0 saturated carbocycles. The lowest BCUT2D eigenvalue weighted by Crippen LogP contribution is -2.62. The second-order valence-corrected chi connectivity index (χ2v) is 7.61. The molecule has 4 rings (SSSR count). The number of nitrogen functional groups attached to an aromatic ring is 1. The molecule has 1 atom stereocenters. The molecular weight excluding hydrogens is 396 g/mol. The number of imide groups is 1. The van der Waals surface area contributed by atoms with Gasteiger partial charge in [0.25, 0.3) is 0 Å². The lowest BCUT2D eigenvalue weighted by Gasteiger charge is -2.42. The summed E-state index contributed by atoms with van der Waals surface area (Å²) in [5.74, 6) is -0.0611. The van der Waals surface area contributed by atoms with Gasteiger partial charge in [-0.05, 0) is 48.2 Å². The highest BCUT2D eigenvalue weighted by molar-refractivity contribution is 6.08. The summed E-state index contributed by atoms with van der Waals surface area (Å²) in [6.45, 7) is 1.89. The number of imidazole rings is 1. The summed E-state index contributed by atoms with van der Waals surface area (Å²) in [4.78, 5) is 39.0. The van der Waals surface area contributed by atoms with E-state index in [1.165, 1.54) is 4.90 Å². The number of H-pyrrole nitrogens is 1. The van der Waals surface area contributed by atoms with Crippen molar-refractivity contribution in [1.82, 2.24) is 15.0 Å². The van der Waals surface area contributed by atoms with Gasteiger partial charge >= 0.3 is 11.9 Å². The van der Waals surface area contributed by atoms with Crippen LogP contribution in [0.25, 0.3) is 0 Å². The van der Waals surface area contributed by atoms with Crippen molar-refractivity contribution < 1.29 is 14.2 Å². The van der Waals surface area contributed by atoms with Crippen molar-refractivity contribution in [2.24, 2.45) is 0 Å². The zero-order valence-electron chi connectivity index (χ0n) is 17.2. The second kappa shape index (κ2) is 8.29. The lowest BCUT2D eigenvalue weighted by atomic mass is 10.1. The number of carbonyl (C=O) groups is 2. The van der Waals surface area contributed by atoms with E-state index >= 15 is 0 Å². The SMILES string of the molecule is CCC[N+]1([O-])C(=O)c2[nH]c(Cc3ccncc3)nc2N(CCc2ccc(N)cc2)C1=O. The number of benzene rings is 1. The van der Waals surface area contributed by atoms with Crippen LogP contribution >= 0.6 is 0 Å². The first-order valence-corrected chi connectivity index (χ1v) is 10.2. The molecule has 0 fully saturated rings. The minimum Gasteiger partial charge on any atom is -0.616 e. The first-order chi connectivity index (χ1) is 14.9. The molecule has 3 amide bonds. The van der Waals surface area contributed by atoms with Crippen LogP contribution in [0.4, 0.5) is 16.3 Å². The number of amides is 3. The highest BCUT2D eigenvalue weighted by atomic mass is 16.6. The number of fused-ring (bicyclic) bond motifs is 1. The number of anilines is 2. The molecule has 0 aliphatic carbocycles. The van der Waals surface area contributed by atoms with E-state index in [1.54, 1.807) is 31.5 Å². The van der Waals surface area contributed by atoms with E-state index in [-0.39, 0.29) is 24.6 Å². The standard InChI is InChI=1S/C22H24N6O3/c1-2-13-28(31)21(29)19-20(26-18(25-19)14-16-7-10-24-11-8-16)27(22(28)30)12-9-15-3-5-17(23)6-4-15/h3-8,10-11H,2,9,12-14,23H2,1H3,(H,25,26). The monoisotopic (exact) mass is 420 g/mol. The van der Waals surface area contributed by atoms with Crippen LogP contribution in [0, 0.1) is 5.21 Å². The number of nitrogens with one attached hydrogen (secondary N) is 1. The zero-order valence-corrected chi connectivity index (χ0v) is 17.2. The Bertz CT molecular complexity index is 1100. The van der Waals surface area contributed by atoms with E-state index in [0.29, 0.717) is 30.8 Å². The van der Waals surface area contributed by atoms with E-state index in [9.17, 15) is 14.8 Å². The number of aromatic nitrogens is 3. The number of rotatable bonds is 7. The molecule has 3 heterocycles. The van der Waals surface area contributed by atoms with Crippen LogP contribution in [0.15, 0.2) is 48.8 Å². The molecule has 3 aromatic rings. The number of hydroxylamine groups is 3. The maximum absolute atomic E-state index is 13.3. The van der Waals surface area contributed by atoms with Gasteiger partial charge in [0.2, 0.25) is 0 Å². The Labute approximate surface area is 179 Å². The van der Waals surface area contributed by atoms with Gasteiger partial charge in [-0.1, -0.05) is 19.1 Å². The number of nitrogens with two attached hydrogens (primary N) is 1. The predicted molar refractivity (Wildman–Crippen MR) is 116 cm³/mol. The Morgan fingerprint density at radius 1 is 1.10 bits per heavy atom. The Morgan fingerprint density at radius 2 is 1.81 bits per heavy atom. The first kappa shape index (κ1) is 20.7. The number of hydrogen-bond acceptors (Lipinski definition) is 6. The molecule has 1 aliphatic rings. The number of aromatic amines is 1. The molecule has 0 bridgehead atoms. The fourth-order valence-electron chi connectivity index (χ4n) is 3.73. The number of hydrogen-bond donors (Lipinski definition) is 2. The van der Waals surface area contributed by atoms with Gasteiger partial charge in [-0.25, -0.2) is 24.1 Å². The highest BCUT2D eigenvalue weighted by Crippen LogP contribution is 2.32. The zero-order chi connectivity index (χ0) is 22.0. The maximum Gasteiger partial charge on any atom is 0.432 e.